The quantitative estimate of drug-likeness (QED) is 0.244. The number of aromatic nitrogens is 1. The molecule has 0 bridgehead atoms. The molecule has 10 heteroatoms. The molecular formula is C24H23Cl3N3O4+. The van der Waals surface area contributed by atoms with Gasteiger partial charge in [-0.2, -0.15) is 0 Å². The number of aliphatic carboxylic acids is 1. The van der Waals surface area contributed by atoms with E-state index in [1.807, 2.05) is 61.5 Å². The standard InChI is InChI=1S/C24H21Cl2N3O4.ClH/c1-15-19(28-23(33-15)17-5-3-2-4-6-17)11-12-32-18-9-7-16(8-10-18)13-20(24(30)31)29-14-27-21(25)22(29)26;/h2-10,14,20-21H,11-13H2,1H3;1H/p+1. The first-order chi connectivity index (χ1) is 15.9. The molecule has 2 aromatic carbocycles. The molecular weight excluding hydrogens is 501 g/mol. The third kappa shape index (κ3) is 5.97. The van der Waals surface area contributed by atoms with Gasteiger partial charge in [0.25, 0.3) is 11.8 Å². The van der Waals surface area contributed by atoms with Crippen LogP contribution < -0.4 is 4.74 Å². The molecule has 0 aliphatic carbocycles. The number of ether oxygens (including phenoxy) is 1. The Morgan fingerprint density at radius 2 is 1.91 bits per heavy atom. The lowest BCUT2D eigenvalue weighted by Crippen LogP contribution is -2.37. The van der Waals surface area contributed by atoms with E-state index in [1.54, 1.807) is 0 Å². The SMILES string of the molecule is Cc1oc(-c2ccccc2)nc1CCOc1ccc(CC(C(=O)O)[N+]2=C(Cl)C(Cl)N=C2)cc1.Cl. The van der Waals surface area contributed by atoms with Gasteiger partial charge in [-0.25, -0.2) is 14.4 Å². The molecule has 0 spiro atoms. The lowest BCUT2D eigenvalue weighted by molar-refractivity contribution is -0.428. The highest BCUT2D eigenvalue weighted by atomic mass is 35.5. The van der Waals surface area contributed by atoms with Crippen LogP contribution in [0.1, 0.15) is 17.0 Å². The Kier molecular flexibility index (Phi) is 8.72. The van der Waals surface area contributed by atoms with Crippen LogP contribution >= 0.6 is 35.6 Å². The van der Waals surface area contributed by atoms with Gasteiger partial charge in [-0.05, 0) is 48.4 Å². The van der Waals surface area contributed by atoms with E-state index in [2.05, 4.69) is 9.98 Å². The summed E-state index contributed by atoms with van der Waals surface area (Å²) in [5.74, 6) is 1.04. The number of rotatable bonds is 9. The molecule has 2 unspecified atom stereocenters. The van der Waals surface area contributed by atoms with E-state index < -0.39 is 17.5 Å². The van der Waals surface area contributed by atoms with Crippen LogP contribution in [-0.4, -0.2) is 50.3 Å². The van der Waals surface area contributed by atoms with Gasteiger partial charge >= 0.3 is 5.97 Å². The zero-order valence-corrected chi connectivity index (χ0v) is 20.6. The van der Waals surface area contributed by atoms with Crippen LogP contribution in [0.4, 0.5) is 0 Å². The second kappa shape index (κ2) is 11.5. The van der Waals surface area contributed by atoms with Gasteiger partial charge in [0.2, 0.25) is 17.1 Å². The van der Waals surface area contributed by atoms with Crippen LogP contribution in [-0.2, 0) is 17.6 Å². The van der Waals surface area contributed by atoms with Crippen molar-refractivity contribution in [2.75, 3.05) is 6.61 Å². The Labute approximate surface area is 213 Å². The Bertz CT molecular complexity index is 1190. The Balaban J connectivity index is 0.00000324. The minimum atomic E-state index is -1.01. The van der Waals surface area contributed by atoms with Gasteiger partial charge in [0.1, 0.15) is 11.5 Å². The smallest absolute Gasteiger partial charge is 0.349 e. The van der Waals surface area contributed by atoms with Gasteiger partial charge in [0.15, 0.2) is 0 Å². The van der Waals surface area contributed by atoms with Gasteiger partial charge in [-0.1, -0.05) is 46.9 Å². The topological polar surface area (TPSA) is 87.9 Å². The summed E-state index contributed by atoms with van der Waals surface area (Å²) in [4.78, 5) is 20.3. The van der Waals surface area contributed by atoms with E-state index in [0.717, 1.165) is 22.6 Å². The first-order valence-electron chi connectivity index (χ1n) is 10.4. The maximum atomic E-state index is 11.7. The molecule has 0 saturated heterocycles. The number of carboxylic acids is 1. The molecule has 178 valence electrons. The Hall–Kier alpha value is -2.87. The van der Waals surface area contributed by atoms with E-state index in [1.165, 1.54) is 10.9 Å². The van der Waals surface area contributed by atoms with Gasteiger partial charge in [-0.15, -0.1) is 12.4 Å². The molecule has 1 aromatic heterocycles. The summed E-state index contributed by atoms with van der Waals surface area (Å²) in [6, 6.07) is 16.1. The van der Waals surface area contributed by atoms with Crippen molar-refractivity contribution in [3.05, 3.63) is 71.6 Å². The zero-order chi connectivity index (χ0) is 23.4. The van der Waals surface area contributed by atoms with Crippen LogP contribution in [0.25, 0.3) is 11.5 Å². The van der Waals surface area contributed by atoms with Crippen LogP contribution in [0.5, 0.6) is 5.75 Å². The van der Waals surface area contributed by atoms with Gasteiger partial charge in [0.05, 0.1) is 12.3 Å². The van der Waals surface area contributed by atoms with Crippen molar-refractivity contribution in [2.45, 2.75) is 31.3 Å². The lowest BCUT2D eigenvalue weighted by Gasteiger charge is -2.12. The van der Waals surface area contributed by atoms with Crippen molar-refractivity contribution in [1.29, 1.82) is 0 Å². The van der Waals surface area contributed by atoms with Crippen LogP contribution in [0.3, 0.4) is 0 Å². The molecule has 0 saturated carbocycles. The highest BCUT2D eigenvalue weighted by Crippen LogP contribution is 2.22. The van der Waals surface area contributed by atoms with E-state index in [9.17, 15) is 9.90 Å². The second-order valence-corrected chi connectivity index (χ2v) is 8.32. The maximum Gasteiger partial charge on any atom is 0.349 e. The Morgan fingerprint density at radius 3 is 2.53 bits per heavy atom. The van der Waals surface area contributed by atoms with E-state index >= 15 is 0 Å². The molecule has 0 amide bonds. The summed E-state index contributed by atoms with van der Waals surface area (Å²) >= 11 is 12.0. The number of alkyl halides is 1. The molecule has 3 aromatic rings. The fourth-order valence-electron chi connectivity index (χ4n) is 3.48. The third-order valence-corrected chi connectivity index (χ3v) is 6.09. The number of aliphatic imine (C=N–C) groups is 1. The number of halogens is 3. The van der Waals surface area contributed by atoms with Crippen molar-refractivity contribution >= 4 is 53.1 Å². The first kappa shape index (κ1) is 25.7. The molecule has 2 heterocycles. The summed E-state index contributed by atoms with van der Waals surface area (Å²) in [7, 11) is 0. The van der Waals surface area contributed by atoms with E-state index in [0.29, 0.717) is 24.7 Å². The molecule has 0 radical (unpaired) electrons. The molecule has 1 aliphatic heterocycles. The van der Waals surface area contributed by atoms with E-state index in [-0.39, 0.29) is 24.0 Å². The molecule has 1 aliphatic rings. The summed E-state index contributed by atoms with van der Waals surface area (Å²) in [6.07, 6.45) is 2.21. The van der Waals surface area contributed by atoms with Gasteiger partial charge < -0.3 is 14.3 Å². The molecule has 34 heavy (non-hydrogen) atoms. The fourth-order valence-corrected chi connectivity index (χ4v) is 3.86. The normalized spacial score (nSPS) is 15.8. The number of hydrogen-bond donors (Lipinski definition) is 1. The number of carboxylic acid groups (broad SMARTS) is 1. The van der Waals surface area contributed by atoms with Crippen molar-refractivity contribution in [2.24, 2.45) is 4.99 Å². The average molecular weight is 524 g/mol. The van der Waals surface area contributed by atoms with Crippen molar-refractivity contribution in [3.8, 4) is 17.2 Å². The van der Waals surface area contributed by atoms with Crippen molar-refractivity contribution in [3.63, 3.8) is 0 Å². The number of hydrogen-bond acceptors (Lipinski definition) is 5. The summed E-state index contributed by atoms with van der Waals surface area (Å²) < 4.78 is 13.0. The summed E-state index contributed by atoms with van der Waals surface area (Å²) in [5.41, 5.74) is 1.86. The van der Waals surface area contributed by atoms with Crippen molar-refractivity contribution in [1.82, 2.24) is 4.98 Å². The Morgan fingerprint density at radius 1 is 1.21 bits per heavy atom. The minimum Gasteiger partial charge on any atom is -0.493 e. The number of oxazole rings is 1. The average Bonchev–Trinajstić information content (AvgIpc) is 3.35. The van der Waals surface area contributed by atoms with E-state index in [4.69, 9.17) is 32.4 Å². The predicted molar refractivity (Wildman–Crippen MR) is 134 cm³/mol. The predicted octanol–water partition coefficient (Wildman–Crippen LogP) is 4.95. The second-order valence-electron chi connectivity index (χ2n) is 7.52. The number of benzene rings is 2. The molecule has 0 fully saturated rings. The van der Waals surface area contributed by atoms with Crippen LogP contribution in [0.15, 0.2) is 64.0 Å². The molecule has 1 N–H and O–H groups in total. The largest absolute Gasteiger partial charge is 0.493 e. The zero-order valence-electron chi connectivity index (χ0n) is 18.2. The van der Waals surface area contributed by atoms with Gasteiger partial charge in [-0.3, -0.25) is 0 Å². The summed E-state index contributed by atoms with van der Waals surface area (Å²) in [6.45, 7) is 2.33. The summed E-state index contributed by atoms with van der Waals surface area (Å²) in [5, 5.41) is 9.80. The highest BCUT2D eigenvalue weighted by Gasteiger charge is 2.35. The molecule has 2 atom stereocenters. The van der Waals surface area contributed by atoms with Crippen molar-refractivity contribution < 1.29 is 23.6 Å². The molecule has 7 nitrogen and oxygen atoms in total. The van der Waals surface area contributed by atoms with Crippen LogP contribution in [0, 0.1) is 6.92 Å². The van der Waals surface area contributed by atoms with Crippen LogP contribution in [0.2, 0.25) is 0 Å². The number of carbonyl (C=O) groups is 1. The fraction of sp³-hybridized carbons (Fsp3) is 0.250. The van der Waals surface area contributed by atoms with Gasteiger partial charge in [0, 0.05) is 18.4 Å². The highest BCUT2D eigenvalue weighted by molar-refractivity contribution is 6.70. The maximum absolute atomic E-state index is 11.7. The third-order valence-electron chi connectivity index (χ3n) is 5.26. The number of nitrogens with zero attached hydrogens (tertiary/aromatic N) is 3. The number of aryl methyl sites for hydroxylation is 1. The minimum absolute atomic E-state index is 0. The lowest BCUT2D eigenvalue weighted by atomic mass is 10.1. The molecule has 4 rings (SSSR count). The monoisotopic (exact) mass is 522 g/mol. The first-order valence-corrected chi connectivity index (χ1v) is 11.2.